The third-order valence-corrected chi connectivity index (χ3v) is 5.71. The Bertz CT molecular complexity index is 700. The molecular weight excluding hydrogens is 308 g/mol. The summed E-state index contributed by atoms with van der Waals surface area (Å²) < 4.78 is 0. The van der Waals surface area contributed by atoms with Gasteiger partial charge in [0.05, 0.1) is 11.6 Å². The van der Waals surface area contributed by atoms with Gasteiger partial charge >= 0.3 is 5.97 Å². The number of hydrogen-bond acceptors (Lipinski definition) is 4. The SMILES string of the molecule is O=C(O)C1CN(c2ccc(-c3nc(CCC4CC4)cs3)cc2)C1. The van der Waals surface area contributed by atoms with Gasteiger partial charge in [0.2, 0.25) is 0 Å². The van der Waals surface area contributed by atoms with E-state index >= 15 is 0 Å². The van der Waals surface area contributed by atoms with Crippen LogP contribution in [0.15, 0.2) is 29.6 Å². The minimum Gasteiger partial charge on any atom is -0.481 e. The number of nitrogens with zero attached hydrogens (tertiary/aromatic N) is 2. The first-order valence-corrected chi connectivity index (χ1v) is 9.09. The summed E-state index contributed by atoms with van der Waals surface area (Å²) in [6.07, 6.45) is 5.18. The summed E-state index contributed by atoms with van der Waals surface area (Å²) >= 11 is 1.71. The maximum absolute atomic E-state index is 10.9. The summed E-state index contributed by atoms with van der Waals surface area (Å²) in [6, 6.07) is 8.32. The van der Waals surface area contributed by atoms with Gasteiger partial charge in [-0.2, -0.15) is 0 Å². The predicted molar refractivity (Wildman–Crippen MR) is 91.9 cm³/mol. The molecule has 0 unspecified atom stereocenters. The Kier molecular flexibility index (Phi) is 3.81. The number of thiazole rings is 1. The molecule has 0 radical (unpaired) electrons. The van der Waals surface area contributed by atoms with E-state index in [4.69, 9.17) is 10.1 Å². The summed E-state index contributed by atoms with van der Waals surface area (Å²) in [5.41, 5.74) is 3.46. The van der Waals surface area contributed by atoms with Crippen LogP contribution in [0.3, 0.4) is 0 Å². The van der Waals surface area contributed by atoms with Gasteiger partial charge in [0.1, 0.15) is 5.01 Å². The molecule has 0 amide bonds. The summed E-state index contributed by atoms with van der Waals surface area (Å²) in [4.78, 5) is 17.7. The van der Waals surface area contributed by atoms with Crippen LogP contribution in [0.25, 0.3) is 10.6 Å². The Hall–Kier alpha value is -1.88. The molecule has 1 saturated heterocycles. The number of aromatic nitrogens is 1. The number of rotatable bonds is 6. The highest BCUT2D eigenvalue weighted by Crippen LogP contribution is 2.34. The first kappa shape index (κ1) is 14.7. The minimum absolute atomic E-state index is 0.220. The van der Waals surface area contributed by atoms with Crippen molar-refractivity contribution in [1.82, 2.24) is 4.98 Å². The fourth-order valence-corrected chi connectivity index (χ4v) is 3.83. The van der Waals surface area contributed by atoms with E-state index in [0.29, 0.717) is 13.1 Å². The molecule has 0 spiro atoms. The van der Waals surface area contributed by atoms with Gasteiger partial charge in [-0.1, -0.05) is 12.8 Å². The van der Waals surface area contributed by atoms with Crippen molar-refractivity contribution in [3.8, 4) is 10.6 Å². The topological polar surface area (TPSA) is 53.4 Å². The molecule has 4 nitrogen and oxygen atoms in total. The molecule has 1 aromatic heterocycles. The molecule has 23 heavy (non-hydrogen) atoms. The van der Waals surface area contributed by atoms with E-state index in [2.05, 4.69) is 34.5 Å². The second kappa shape index (κ2) is 5.96. The maximum Gasteiger partial charge on any atom is 0.310 e. The fourth-order valence-electron chi connectivity index (χ4n) is 2.97. The van der Waals surface area contributed by atoms with Crippen molar-refractivity contribution in [3.05, 3.63) is 35.3 Å². The number of anilines is 1. The van der Waals surface area contributed by atoms with Crippen molar-refractivity contribution in [1.29, 1.82) is 0 Å². The lowest BCUT2D eigenvalue weighted by Crippen LogP contribution is -2.50. The third kappa shape index (κ3) is 3.24. The lowest BCUT2D eigenvalue weighted by atomic mass is 9.99. The van der Waals surface area contributed by atoms with Gasteiger partial charge in [-0.05, 0) is 43.0 Å². The maximum atomic E-state index is 10.9. The smallest absolute Gasteiger partial charge is 0.310 e. The normalized spacial score (nSPS) is 18.0. The zero-order valence-electron chi connectivity index (χ0n) is 12.9. The zero-order valence-corrected chi connectivity index (χ0v) is 13.8. The second-order valence-corrected chi connectivity index (χ2v) is 7.47. The average Bonchev–Trinajstić information content (AvgIpc) is 3.21. The number of benzene rings is 1. The van der Waals surface area contributed by atoms with Gasteiger partial charge in [-0.25, -0.2) is 4.98 Å². The second-order valence-electron chi connectivity index (χ2n) is 6.61. The predicted octanol–water partition coefficient (Wildman–Crippen LogP) is 3.67. The first-order chi connectivity index (χ1) is 11.2. The van der Waals surface area contributed by atoms with Gasteiger partial charge in [-0.3, -0.25) is 4.79 Å². The Morgan fingerprint density at radius 3 is 2.65 bits per heavy atom. The number of carbonyl (C=O) groups is 1. The van der Waals surface area contributed by atoms with Crippen molar-refractivity contribution in [2.75, 3.05) is 18.0 Å². The lowest BCUT2D eigenvalue weighted by Gasteiger charge is -2.38. The van der Waals surface area contributed by atoms with Crippen molar-refractivity contribution in [2.45, 2.75) is 25.7 Å². The van der Waals surface area contributed by atoms with Crippen molar-refractivity contribution in [2.24, 2.45) is 11.8 Å². The highest BCUT2D eigenvalue weighted by molar-refractivity contribution is 7.13. The van der Waals surface area contributed by atoms with Crippen LogP contribution < -0.4 is 4.90 Å². The highest BCUT2D eigenvalue weighted by Gasteiger charge is 2.32. The van der Waals surface area contributed by atoms with Gasteiger partial charge in [0.15, 0.2) is 0 Å². The molecule has 0 atom stereocenters. The molecule has 0 bridgehead atoms. The van der Waals surface area contributed by atoms with E-state index in [1.54, 1.807) is 11.3 Å². The molecule has 4 rings (SSSR count). The molecule has 1 saturated carbocycles. The first-order valence-electron chi connectivity index (χ1n) is 8.21. The van der Waals surface area contributed by atoms with Crippen LogP contribution in [0.2, 0.25) is 0 Å². The monoisotopic (exact) mass is 328 g/mol. The van der Waals surface area contributed by atoms with Crippen LogP contribution in [0, 0.1) is 11.8 Å². The molecular formula is C18H20N2O2S. The van der Waals surface area contributed by atoms with Crippen LogP contribution in [0.5, 0.6) is 0 Å². The van der Waals surface area contributed by atoms with Crippen molar-refractivity contribution in [3.63, 3.8) is 0 Å². The van der Waals surface area contributed by atoms with E-state index < -0.39 is 5.97 Å². The largest absolute Gasteiger partial charge is 0.481 e. The molecule has 1 N–H and O–H groups in total. The van der Waals surface area contributed by atoms with E-state index in [-0.39, 0.29) is 5.92 Å². The van der Waals surface area contributed by atoms with Gasteiger partial charge < -0.3 is 10.0 Å². The summed E-state index contributed by atoms with van der Waals surface area (Å²) in [5.74, 6) is 0.0348. The van der Waals surface area contributed by atoms with Crippen LogP contribution in [-0.4, -0.2) is 29.1 Å². The lowest BCUT2D eigenvalue weighted by molar-refractivity contribution is -0.142. The fraction of sp³-hybridized carbons (Fsp3) is 0.444. The zero-order chi connectivity index (χ0) is 15.8. The molecule has 2 heterocycles. The van der Waals surface area contributed by atoms with Gasteiger partial charge in [-0.15, -0.1) is 11.3 Å². The number of aryl methyl sites for hydroxylation is 1. The molecule has 1 aliphatic carbocycles. The standard InChI is InChI=1S/C18H20N2O2S/c21-18(22)14-9-20(10-14)16-7-4-13(5-8-16)17-19-15(11-23-17)6-3-12-1-2-12/h4-5,7-8,11-12,14H,1-3,6,9-10H2,(H,21,22). The Morgan fingerprint density at radius 1 is 1.26 bits per heavy atom. The molecule has 1 aromatic carbocycles. The van der Waals surface area contributed by atoms with E-state index in [1.165, 1.54) is 25.0 Å². The van der Waals surface area contributed by atoms with Crippen LogP contribution >= 0.6 is 11.3 Å². The molecule has 2 aliphatic rings. The highest BCUT2D eigenvalue weighted by atomic mass is 32.1. The molecule has 1 aliphatic heterocycles. The van der Waals surface area contributed by atoms with Crippen molar-refractivity contribution >= 4 is 23.0 Å². The van der Waals surface area contributed by atoms with Crippen LogP contribution in [0.1, 0.15) is 25.0 Å². The van der Waals surface area contributed by atoms with Gasteiger partial charge in [0, 0.05) is 29.7 Å². The van der Waals surface area contributed by atoms with Crippen LogP contribution in [0.4, 0.5) is 5.69 Å². The quantitative estimate of drug-likeness (QED) is 0.879. The van der Waals surface area contributed by atoms with E-state index in [1.807, 2.05) is 0 Å². The molecule has 2 aromatic rings. The number of carboxylic acid groups (broad SMARTS) is 1. The van der Waals surface area contributed by atoms with Crippen LogP contribution in [-0.2, 0) is 11.2 Å². The minimum atomic E-state index is -0.695. The van der Waals surface area contributed by atoms with Gasteiger partial charge in [0.25, 0.3) is 0 Å². The number of aliphatic carboxylic acids is 1. The van der Waals surface area contributed by atoms with E-state index in [0.717, 1.165) is 28.6 Å². The van der Waals surface area contributed by atoms with Crippen molar-refractivity contribution < 1.29 is 9.90 Å². The summed E-state index contributed by atoms with van der Waals surface area (Å²) in [7, 11) is 0. The Morgan fingerprint density at radius 2 is 2.00 bits per heavy atom. The molecule has 120 valence electrons. The Balaban J connectivity index is 1.39. The third-order valence-electron chi connectivity index (χ3n) is 4.77. The molecule has 2 fully saturated rings. The summed E-state index contributed by atoms with van der Waals surface area (Å²) in [5, 5.41) is 12.2. The summed E-state index contributed by atoms with van der Waals surface area (Å²) in [6.45, 7) is 1.22. The molecule has 5 heteroatoms. The number of carboxylic acids is 1. The average molecular weight is 328 g/mol. The number of hydrogen-bond donors (Lipinski definition) is 1. The Labute approximate surface area is 139 Å². The van der Waals surface area contributed by atoms with E-state index in [9.17, 15) is 4.79 Å².